The monoisotopic (exact) mass is 480 g/mol. The van der Waals surface area contributed by atoms with Gasteiger partial charge in [-0.2, -0.15) is 0 Å². The van der Waals surface area contributed by atoms with Gasteiger partial charge in [-0.25, -0.2) is 14.9 Å². The summed E-state index contributed by atoms with van der Waals surface area (Å²) >= 11 is 3.39. The number of anilines is 2. The number of hydrogen-bond acceptors (Lipinski definition) is 6. The van der Waals surface area contributed by atoms with Crippen LogP contribution in [0.2, 0.25) is 0 Å². The zero-order valence-electron chi connectivity index (χ0n) is 16.4. The summed E-state index contributed by atoms with van der Waals surface area (Å²) in [5, 5.41) is 21.2. The van der Waals surface area contributed by atoms with Crippen LogP contribution in [0.15, 0.2) is 35.1 Å². The smallest absolute Gasteiger partial charge is 0.277 e. The Hall–Kier alpha value is -2.53. The minimum atomic E-state index is -0.942. The van der Waals surface area contributed by atoms with Crippen molar-refractivity contribution in [2.24, 2.45) is 7.05 Å². The topological polar surface area (TPSA) is 109 Å². The molecule has 2 aromatic carbocycles. The van der Waals surface area contributed by atoms with Crippen LogP contribution in [-0.4, -0.2) is 45.0 Å². The molecule has 3 rings (SSSR count). The Morgan fingerprint density at radius 3 is 2.87 bits per heavy atom. The van der Waals surface area contributed by atoms with E-state index >= 15 is 4.39 Å². The van der Waals surface area contributed by atoms with Crippen molar-refractivity contribution in [3.05, 3.63) is 52.0 Å². The number of amides is 1. The molecule has 0 fully saturated rings. The van der Waals surface area contributed by atoms with Gasteiger partial charge in [0, 0.05) is 23.6 Å². The van der Waals surface area contributed by atoms with Gasteiger partial charge in [0.05, 0.1) is 42.4 Å². The number of aryl methyl sites for hydroxylation is 2. The van der Waals surface area contributed by atoms with Crippen LogP contribution < -0.4 is 10.8 Å². The zero-order valence-corrected chi connectivity index (χ0v) is 18.0. The first-order chi connectivity index (χ1) is 14.3. The van der Waals surface area contributed by atoms with E-state index in [9.17, 15) is 9.90 Å². The molecule has 0 aliphatic carbocycles. The van der Waals surface area contributed by atoms with Crippen LogP contribution in [0.25, 0.3) is 11.0 Å². The van der Waals surface area contributed by atoms with Crippen LogP contribution >= 0.6 is 15.9 Å². The summed E-state index contributed by atoms with van der Waals surface area (Å²) in [5.41, 5.74) is 4.34. The highest BCUT2D eigenvalue weighted by Crippen LogP contribution is 2.32. The average molecular weight is 481 g/mol. The van der Waals surface area contributed by atoms with Gasteiger partial charge in [-0.3, -0.25) is 9.63 Å². The number of aliphatic hydroxyl groups excluding tert-OH is 2. The van der Waals surface area contributed by atoms with Crippen LogP contribution in [-0.2, 0) is 11.9 Å². The fraction of sp³-hybridized carbons (Fsp3) is 0.300. The number of nitrogens with one attached hydrogen (secondary N) is 2. The van der Waals surface area contributed by atoms with Gasteiger partial charge in [-0.15, -0.1) is 0 Å². The number of benzene rings is 2. The third-order valence-corrected chi connectivity index (χ3v) is 5.08. The van der Waals surface area contributed by atoms with Crippen molar-refractivity contribution in [1.82, 2.24) is 15.0 Å². The molecule has 10 heteroatoms. The summed E-state index contributed by atoms with van der Waals surface area (Å²) in [6.07, 6.45) is 0.661. The normalized spacial score (nSPS) is 12.2. The van der Waals surface area contributed by atoms with Crippen molar-refractivity contribution < 1.29 is 24.2 Å². The first-order valence-corrected chi connectivity index (χ1v) is 9.99. The van der Waals surface area contributed by atoms with Gasteiger partial charge in [0.2, 0.25) is 0 Å². The number of halogens is 2. The minimum absolute atomic E-state index is 0.0154. The van der Waals surface area contributed by atoms with Crippen molar-refractivity contribution in [3.63, 3.8) is 0 Å². The van der Waals surface area contributed by atoms with Crippen LogP contribution in [0.5, 0.6) is 0 Å². The van der Waals surface area contributed by atoms with Crippen molar-refractivity contribution in [2.45, 2.75) is 19.4 Å². The highest BCUT2D eigenvalue weighted by Gasteiger charge is 2.22. The Balaban J connectivity index is 1.93. The molecule has 0 bridgehead atoms. The predicted octanol–water partition coefficient (Wildman–Crippen LogP) is 2.93. The number of aliphatic hydroxyl groups is 2. The zero-order chi connectivity index (χ0) is 21.8. The highest BCUT2D eigenvalue weighted by atomic mass is 79.9. The van der Waals surface area contributed by atoms with Gasteiger partial charge >= 0.3 is 0 Å². The SMILES string of the molecule is Cc1cc(Br)ccc1Nc1c(C(=O)NOCCC(O)CO)cc2c(ncn2C)c1F. The van der Waals surface area contributed by atoms with Crippen molar-refractivity contribution in [3.8, 4) is 0 Å². The molecule has 1 heterocycles. The summed E-state index contributed by atoms with van der Waals surface area (Å²) in [6, 6.07) is 6.98. The molecule has 0 saturated carbocycles. The van der Waals surface area contributed by atoms with Crippen LogP contribution in [0, 0.1) is 12.7 Å². The Labute approximate surface area is 180 Å². The first-order valence-electron chi connectivity index (χ1n) is 9.19. The maximum absolute atomic E-state index is 15.3. The summed E-state index contributed by atoms with van der Waals surface area (Å²) in [5.74, 6) is -1.32. The number of rotatable bonds is 8. The Morgan fingerprint density at radius 1 is 1.40 bits per heavy atom. The van der Waals surface area contributed by atoms with Crippen molar-refractivity contribution in [2.75, 3.05) is 18.5 Å². The summed E-state index contributed by atoms with van der Waals surface area (Å²) in [7, 11) is 1.70. The molecule has 8 nitrogen and oxygen atoms in total. The number of imidazole rings is 1. The van der Waals surface area contributed by atoms with Gasteiger partial charge in [0.25, 0.3) is 5.91 Å². The summed E-state index contributed by atoms with van der Waals surface area (Å²) < 4.78 is 17.8. The molecular formula is C20H22BrFN4O4. The second-order valence-corrected chi connectivity index (χ2v) is 7.74. The highest BCUT2D eigenvalue weighted by molar-refractivity contribution is 9.10. The standard InChI is InChI=1S/C20H22BrFN4O4/c1-11-7-12(21)3-4-15(11)24-18-14(20(29)25-30-6-5-13(28)9-27)8-16-19(17(18)22)23-10-26(16)2/h3-4,7-8,10,13,24,27-28H,5-6,9H2,1-2H3,(H,25,29). The molecule has 0 aliphatic rings. The molecular weight excluding hydrogens is 459 g/mol. The summed E-state index contributed by atoms with van der Waals surface area (Å²) in [4.78, 5) is 21.9. The van der Waals surface area contributed by atoms with E-state index in [0.717, 1.165) is 10.0 Å². The van der Waals surface area contributed by atoms with Gasteiger partial charge in [0.1, 0.15) is 5.52 Å². The maximum Gasteiger partial charge on any atom is 0.277 e. The molecule has 0 aliphatic heterocycles. The van der Waals surface area contributed by atoms with Crippen LogP contribution in [0.3, 0.4) is 0 Å². The lowest BCUT2D eigenvalue weighted by molar-refractivity contribution is 0.00705. The number of fused-ring (bicyclic) bond motifs is 1. The number of hydrogen-bond donors (Lipinski definition) is 4. The van der Waals surface area contributed by atoms with E-state index in [0.29, 0.717) is 11.2 Å². The summed E-state index contributed by atoms with van der Waals surface area (Å²) in [6.45, 7) is 1.44. The molecule has 1 aromatic heterocycles. The van der Waals surface area contributed by atoms with Gasteiger partial charge in [-0.05, 0) is 36.8 Å². The molecule has 1 amide bonds. The molecule has 4 N–H and O–H groups in total. The van der Waals surface area contributed by atoms with Crippen molar-refractivity contribution in [1.29, 1.82) is 0 Å². The predicted molar refractivity (Wildman–Crippen MR) is 114 cm³/mol. The minimum Gasteiger partial charge on any atom is -0.394 e. The molecule has 0 radical (unpaired) electrons. The fourth-order valence-corrected chi connectivity index (χ4v) is 3.36. The van der Waals surface area contributed by atoms with E-state index in [1.54, 1.807) is 17.7 Å². The van der Waals surface area contributed by atoms with Crippen LogP contribution in [0.4, 0.5) is 15.8 Å². The molecule has 1 atom stereocenters. The van der Waals surface area contributed by atoms with Gasteiger partial charge in [0.15, 0.2) is 5.82 Å². The maximum atomic E-state index is 15.3. The number of carbonyl (C=O) groups is 1. The molecule has 1 unspecified atom stereocenters. The van der Waals surface area contributed by atoms with E-state index in [1.807, 2.05) is 19.1 Å². The molecule has 0 spiro atoms. The molecule has 0 saturated heterocycles. The van der Waals surface area contributed by atoms with E-state index in [1.165, 1.54) is 12.4 Å². The second kappa shape index (κ2) is 9.52. The lowest BCUT2D eigenvalue weighted by Gasteiger charge is -2.16. The quantitative estimate of drug-likeness (QED) is 0.291. The number of nitrogens with zero attached hydrogens (tertiary/aromatic N) is 2. The number of aromatic nitrogens is 2. The van der Waals surface area contributed by atoms with Crippen molar-refractivity contribution >= 4 is 44.2 Å². The van der Waals surface area contributed by atoms with E-state index in [-0.39, 0.29) is 29.8 Å². The van der Waals surface area contributed by atoms with E-state index in [2.05, 4.69) is 31.7 Å². The Morgan fingerprint density at radius 2 is 2.17 bits per heavy atom. The third-order valence-electron chi connectivity index (χ3n) is 4.58. The lowest BCUT2D eigenvalue weighted by Crippen LogP contribution is -2.27. The second-order valence-electron chi connectivity index (χ2n) is 6.83. The average Bonchev–Trinajstić information content (AvgIpc) is 3.09. The van der Waals surface area contributed by atoms with Crippen LogP contribution in [0.1, 0.15) is 22.3 Å². The lowest BCUT2D eigenvalue weighted by atomic mass is 10.1. The van der Waals surface area contributed by atoms with Gasteiger partial charge < -0.3 is 20.1 Å². The largest absolute Gasteiger partial charge is 0.394 e. The molecule has 3 aromatic rings. The van der Waals surface area contributed by atoms with Gasteiger partial charge in [-0.1, -0.05) is 15.9 Å². The van der Waals surface area contributed by atoms with E-state index < -0.39 is 24.4 Å². The molecule has 30 heavy (non-hydrogen) atoms. The third kappa shape index (κ3) is 4.78. The first kappa shape index (κ1) is 22.2. The Kier molecular flexibility index (Phi) is 7.03. The number of hydroxylamine groups is 1. The fourth-order valence-electron chi connectivity index (χ4n) is 2.89. The molecule has 160 valence electrons. The number of carbonyl (C=O) groups excluding carboxylic acids is 1. The van der Waals surface area contributed by atoms with E-state index in [4.69, 9.17) is 9.94 Å². The Bertz CT molecular complexity index is 1070.